The van der Waals surface area contributed by atoms with E-state index in [0.717, 1.165) is 12.8 Å². The Morgan fingerprint density at radius 3 is 2.60 bits per heavy atom. The Hall–Kier alpha value is -0.620. The lowest BCUT2D eigenvalue weighted by Gasteiger charge is -2.10. The number of nitrogens with two attached hydrogens (primary N) is 1. The van der Waals surface area contributed by atoms with Crippen molar-refractivity contribution >= 4 is 15.9 Å². The molecule has 5 nitrogen and oxygen atoms in total. The third-order valence-corrected chi connectivity index (χ3v) is 3.88. The van der Waals surface area contributed by atoms with Crippen LogP contribution < -0.4 is 10.5 Å². The Morgan fingerprint density at radius 1 is 1.53 bits per heavy atom. The van der Waals surface area contributed by atoms with Crippen molar-refractivity contribution in [2.24, 2.45) is 11.7 Å². The van der Waals surface area contributed by atoms with E-state index in [1.165, 1.54) is 0 Å². The maximum Gasteiger partial charge on any atom is 0.234 e. The minimum Gasteiger partial charge on any atom is -0.327 e. The molecule has 0 radical (unpaired) electrons. The molecule has 0 aromatic carbocycles. The molecule has 0 saturated heterocycles. The Bertz CT molecular complexity index is 322. The van der Waals surface area contributed by atoms with Crippen LogP contribution >= 0.6 is 0 Å². The van der Waals surface area contributed by atoms with E-state index in [2.05, 4.69) is 0 Å². The van der Waals surface area contributed by atoms with Crippen molar-refractivity contribution in [2.45, 2.75) is 38.6 Å². The highest BCUT2D eigenvalue weighted by atomic mass is 32.2. The maximum absolute atomic E-state index is 11.3. The van der Waals surface area contributed by atoms with E-state index in [-0.39, 0.29) is 18.2 Å². The molecule has 88 valence electrons. The van der Waals surface area contributed by atoms with Crippen molar-refractivity contribution in [1.82, 2.24) is 4.72 Å². The number of carbonyl (C=O) groups excluding carboxylic acids is 1. The molecule has 15 heavy (non-hydrogen) atoms. The standard InChI is InChI=1S/C9H18N2O3S/c1-2-5-15(13,14)11-9(12)6-8(10)7-3-4-7/h7-8H,2-6,10H2,1H3,(H,11,12). The first-order valence-electron chi connectivity index (χ1n) is 5.23. The molecule has 0 aromatic rings. The fourth-order valence-corrected chi connectivity index (χ4v) is 2.51. The number of rotatable bonds is 6. The Kier molecular flexibility index (Phi) is 4.10. The Morgan fingerprint density at radius 2 is 2.13 bits per heavy atom. The molecule has 0 heterocycles. The van der Waals surface area contributed by atoms with Crippen LogP contribution in [0, 0.1) is 5.92 Å². The molecule has 1 unspecified atom stereocenters. The quantitative estimate of drug-likeness (QED) is 0.675. The van der Waals surface area contributed by atoms with Gasteiger partial charge in [-0.1, -0.05) is 6.92 Å². The lowest BCUT2D eigenvalue weighted by atomic mass is 10.1. The summed E-state index contributed by atoms with van der Waals surface area (Å²) >= 11 is 0. The average Bonchev–Trinajstić information content (AvgIpc) is 2.82. The maximum atomic E-state index is 11.3. The van der Waals surface area contributed by atoms with Gasteiger partial charge in [0.25, 0.3) is 0 Å². The van der Waals surface area contributed by atoms with Crippen LogP contribution in [0.15, 0.2) is 0 Å². The third-order valence-electron chi connectivity index (χ3n) is 2.39. The van der Waals surface area contributed by atoms with Gasteiger partial charge in [0.05, 0.1) is 5.75 Å². The lowest BCUT2D eigenvalue weighted by Crippen LogP contribution is -2.37. The van der Waals surface area contributed by atoms with Crippen LogP contribution in [-0.4, -0.2) is 26.1 Å². The van der Waals surface area contributed by atoms with E-state index in [0.29, 0.717) is 12.3 Å². The summed E-state index contributed by atoms with van der Waals surface area (Å²) in [4.78, 5) is 11.3. The van der Waals surface area contributed by atoms with Crippen LogP contribution in [0.2, 0.25) is 0 Å². The summed E-state index contributed by atoms with van der Waals surface area (Å²) in [5, 5.41) is 0. The smallest absolute Gasteiger partial charge is 0.234 e. The van der Waals surface area contributed by atoms with Gasteiger partial charge in [-0.25, -0.2) is 8.42 Å². The van der Waals surface area contributed by atoms with Crippen molar-refractivity contribution < 1.29 is 13.2 Å². The van der Waals surface area contributed by atoms with Crippen molar-refractivity contribution in [3.8, 4) is 0 Å². The van der Waals surface area contributed by atoms with Gasteiger partial charge in [0.2, 0.25) is 15.9 Å². The first-order valence-corrected chi connectivity index (χ1v) is 6.88. The highest BCUT2D eigenvalue weighted by Crippen LogP contribution is 2.32. The normalized spacial score (nSPS) is 18.5. The first kappa shape index (κ1) is 12.4. The number of sulfonamides is 1. The van der Waals surface area contributed by atoms with Gasteiger partial charge in [0.1, 0.15) is 0 Å². The minimum atomic E-state index is -3.44. The van der Waals surface area contributed by atoms with Crippen molar-refractivity contribution in [2.75, 3.05) is 5.75 Å². The van der Waals surface area contributed by atoms with Gasteiger partial charge in [-0.15, -0.1) is 0 Å². The molecule has 1 fully saturated rings. The second kappa shape index (κ2) is 4.94. The molecule has 1 atom stereocenters. The van der Waals surface area contributed by atoms with Crippen LogP contribution in [0.1, 0.15) is 32.6 Å². The highest BCUT2D eigenvalue weighted by molar-refractivity contribution is 7.90. The van der Waals surface area contributed by atoms with E-state index >= 15 is 0 Å². The largest absolute Gasteiger partial charge is 0.327 e. The van der Waals surface area contributed by atoms with Crippen molar-refractivity contribution in [3.05, 3.63) is 0 Å². The zero-order valence-corrected chi connectivity index (χ0v) is 9.72. The van der Waals surface area contributed by atoms with Gasteiger partial charge in [-0.3, -0.25) is 9.52 Å². The fraction of sp³-hybridized carbons (Fsp3) is 0.889. The summed E-state index contributed by atoms with van der Waals surface area (Å²) in [7, 11) is -3.44. The van der Waals surface area contributed by atoms with Gasteiger partial charge in [0, 0.05) is 12.5 Å². The molecule has 0 bridgehead atoms. The SMILES string of the molecule is CCCS(=O)(=O)NC(=O)CC(N)C1CC1. The second-order valence-electron chi connectivity index (χ2n) is 4.05. The van der Waals surface area contributed by atoms with Crippen LogP contribution in [0.25, 0.3) is 0 Å². The topological polar surface area (TPSA) is 89.3 Å². The summed E-state index contributed by atoms with van der Waals surface area (Å²) in [5.41, 5.74) is 5.72. The van der Waals surface area contributed by atoms with Gasteiger partial charge in [0.15, 0.2) is 0 Å². The monoisotopic (exact) mass is 234 g/mol. The molecule has 0 aromatic heterocycles. The van der Waals surface area contributed by atoms with Gasteiger partial charge in [-0.05, 0) is 25.2 Å². The number of amides is 1. The van der Waals surface area contributed by atoms with E-state index in [1.807, 2.05) is 4.72 Å². The molecule has 1 aliphatic rings. The van der Waals surface area contributed by atoms with Crippen LogP contribution in [0.3, 0.4) is 0 Å². The third kappa shape index (κ3) is 4.61. The highest BCUT2D eigenvalue weighted by Gasteiger charge is 2.30. The van der Waals surface area contributed by atoms with Crippen molar-refractivity contribution in [1.29, 1.82) is 0 Å². The number of nitrogens with one attached hydrogen (secondary N) is 1. The molecular weight excluding hydrogens is 216 g/mol. The van der Waals surface area contributed by atoms with E-state index in [9.17, 15) is 13.2 Å². The Labute approximate surface area is 90.5 Å². The zero-order valence-electron chi connectivity index (χ0n) is 8.90. The minimum absolute atomic E-state index is 0.0165. The van der Waals surface area contributed by atoms with Gasteiger partial charge >= 0.3 is 0 Å². The zero-order chi connectivity index (χ0) is 11.5. The molecule has 1 aliphatic carbocycles. The predicted molar refractivity (Wildman–Crippen MR) is 57.5 cm³/mol. The van der Waals surface area contributed by atoms with Crippen molar-refractivity contribution in [3.63, 3.8) is 0 Å². The van der Waals surface area contributed by atoms with E-state index in [4.69, 9.17) is 5.73 Å². The molecule has 1 amide bonds. The van der Waals surface area contributed by atoms with E-state index in [1.54, 1.807) is 6.92 Å². The Balaban J connectivity index is 2.34. The molecule has 1 rings (SSSR count). The van der Waals surface area contributed by atoms with Crippen LogP contribution in [0.4, 0.5) is 0 Å². The van der Waals surface area contributed by atoms with Crippen LogP contribution in [0.5, 0.6) is 0 Å². The molecule has 3 N–H and O–H groups in total. The van der Waals surface area contributed by atoms with Crippen LogP contribution in [-0.2, 0) is 14.8 Å². The number of hydrogen-bond donors (Lipinski definition) is 2. The van der Waals surface area contributed by atoms with Gasteiger partial charge in [-0.2, -0.15) is 0 Å². The second-order valence-corrected chi connectivity index (χ2v) is 5.89. The summed E-state index contributed by atoms with van der Waals surface area (Å²) < 4.78 is 24.5. The molecule has 0 spiro atoms. The molecule has 1 saturated carbocycles. The van der Waals surface area contributed by atoms with Gasteiger partial charge < -0.3 is 5.73 Å². The molecular formula is C9H18N2O3S. The first-order chi connectivity index (χ1) is 6.94. The predicted octanol–water partition coefficient (Wildman–Crippen LogP) is -0.0302. The summed E-state index contributed by atoms with van der Waals surface area (Å²) in [6.07, 6.45) is 2.71. The fourth-order valence-electron chi connectivity index (χ4n) is 1.44. The summed E-state index contributed by atoms with van der Waals surface area (Å²) in [6, 6.07) is -0.193. The van der Waals surface area contributed by atoms with E-state index < -0.39 is 15.9 Å². The summed E-state index contributed by atoms with van der Waals surface area (Å²) in [6.45, 7) is 1.75. The molecule has 0 aliphatic heterocycles. The number of carbonyl (C=O) groups is 1. The average molecular weight is 234 g/mol. The molecule has 6 heteroatoms. The number of hydrogen-bond acceptors (Lipinski definition) is 4. The lowest BCUT2D eigenvalue weighted by molar-refractivity contribution is -0.119. The summed E-state index contributed by atoms with van der Waals surface area (Å²) in [5.74, 6) is -0.0929.